The maximum Gasteiger partial charge on any atom is 0.253 e. The third kappa shape index (κ3) is 3.22. The fraction of sp³-hybridized carbons (Fsp3) is 0.923. The molecule has 2 rings (SSSR count). The van der Waals surface area contributed by atoms with Crippen LogP contribution in [0.5, 0.6) is 0 Å². The SMILES string of the molecule is CCN1CCOC(C(=O)N2CCCC(NC)C2)C1. The highest BCUT2D eigenvalue weighted by Gasteiger charge is 2.31. The molecule has 2 aliphatic heterocycles. The zero-order chi connectivity index (χ0) is 13.0. The average molecular weight is 255 g/mol. The first-order valence-electron chi connectivity index (χ1n) is 7.04. The molecule has 0 aromatic carbocycles. The highest BCUT2D eigenvalue weighted by atomic mass is 16.5. The van der Waals surface area contributed by atoms with Crippen molar-refractivity contribution in [3.63, 3.8) is 0 Å². The van der Waals surface area contributed by atoms with Crippen molar-refractivity contribution in [3.8, 4) is 0 Å². The molecule has 1 N–H and O–H groups in total. The van der Waals surface area contributed by atoms with Crippen LogP contribution in [0.4, 0.5) is 0 Å². The second-order valence-electron chi connectivity index (χ2n) is 5.16. The lowest BCUT2D eigenvalue weighted by Gasteiger charge is -2.37. The van der Waals surface area contributed by atoms with Crippen LogP contribution in [-0.4, -0.2) is 74.2 Å². The van der Waals surface area contributed by atoms with Crippen molar-refractivity contribution in [2.75, 3.05) is 46.4 Å². The number of likely N-dealkylation sites (N-methyl/N-ethyl adjacent to an activating group) is 2. The number of hydrogen-bond acceptors (Lipinski definition) is 4. The van der Waals surface area contributed by atoms with E-state index in [2.05, 4.69) is 17.1 Å². The molecule has 2 fully saturated rings. The highest BCUT2D eigenvalue weighted by molar-refractivity contribution is 5.81. The monoisotopic (exact) mass is 255 g/mol. The average Bonchev–Trinajstić information content (AvgIpc) is 2.46. The van der Waals surface area contributed by atoms with Crippen LogP contribution in [0.1, 0.15) is 19.8 Å². The Morgan fingerprint density at radius 2 is 2.22 bits per heavy atom. The van der Waals surface area contributed by atoms with Gasteiger partial charge in [0.2, 0.25) is 0 Å². The summed E-state index contributed by atoms with van der Waals surface area (Å²) in [6.45, 7) is 7.18. The molecule has 2 aliphatic rings. The topological polar surface area (TPSA) is 44.8 Å². The Morgan fingerprint density at radius 1 is 1.39 bits per heavy atom. The van der Waals surface area contributed by atoms with E-state index in [0.717, 1.165) is 45.6 Å². The van der Waals surface area contributed by atoms with Crippen molar-refractivity contribution in [3.05, 3.63) is 0 Å². The van der Waals surface area contributed by atoms with Crippen molar-refractivity contribution >= 4 is 5.91 Å². The Bertz CT molecular complexity index is 259. The molecule has 2 saturated heterocycles. The second kappa shape index (κ2) is 6.50. The summed E-state index contributed by atoms with van der Waals surface area (Å²) < 4.78 is 5.64. The van der Waals surface area contributed by atoms with E-state index in [1.807, 2.05) is 11.9 Å². The standard InChI is InChI=1S/C13H25N3O2/c1-3-15-7-8-18-12(10-15)13(17)16-6-4-5-11(9-16)14-2/h11-12,14H,3-10H2,1-2H3. The van der Waals surface area contributed by atoms with E-state index in [4.69, 9.17) is 4.74 Å². The Balaban J connectivity index is 1.89. The number of nitrogens with zero attached hydrogens (tertiary/aromatic N) is 2. The molecule has 0 aromatic heterocycles. The zero-order valence-corrected chi connectivity index (χ0v) is 11.5. The third-order valence-electron chi connectivity index (χ3n) is 4.01. The molecular weight excluding hydrogens is 230 g/mol. The molecular formula is C13H25N3O2. The van der Waals surface area contributed by atoms with E-state index in [1.54, 1.807) is 0 Å². The summed E-state index contributed by atoms with van der Waals surface area (Å²) >= 11 is 0. The summed E-state index contributed by atoms with van der Waals surface area (Å²) in [5, 5.41) is 3.27. The molecule has 0 aromatic rings. The van der Waals surface area contributed by atoms with Crippen molar-refractivity contribution in [2.24, 2.45) is 0 Å². The second-order valence-corrected chi connectivity index (χ2v) is 5.16. The number of amides is 1. The molecule has 18 heavy (non-hydrogen) atoms. The summed E-state index contributed by atoms with van der Waals surface area (Å²) in [5.74, 6) is 0.174. The number of morpholine rings is 1. The predicted molar refractivity (Wildman–Crippen MR) is 70.5 cm³/mol. The van der Waals surface area contributed by atoms with Crippen LogP contribution >= 0.6 is 0 Å². The van der Waals surface area contributed by atoms with Crippen molar-refractivity contribution < 1.29 is 9.53 Å². The maximum atomic E-state index is 12.4. The van der Waals surface area contributed by atoms with Gasteiger partial charge in [-0.2, -0.15) is 0 Å². The van der Waals surface area contributed by atoms with E-state index < -0.39 is 0 Å². The molecule has 2 heterocycles. The van der Waals surface area contributed by atoms with Gasteiger partial charge in [-0.3, -0.25) is 9.69 Å². The van der Waals surface area contributed by atoms with Gasteiger partial charge < -0.3 is 15.0 Å². The minimum atomic E-state index is -0.255. The molecule has 0 aliphatic carbocycles. The smallest absolute Gasteiger partial charge is 0.253 e. The van der Waals surface area contributed by atoms with Crippen LogP contribution in [0.2, 0.25) is 0 Å². The minimum absolute atomic E-state index is 0.174. The first-order valence-corrected chi connectivity index (χ1v) is 7.04. The first-order chi connectivity index (χ1) is 8.74. The van der Waals surface area contributed by atoms with Gasteiger partial charge in [-0.15, -0.1) is 0 Å². The lowest BCUT2D eigenvalue weighted by Crippen LogP contribution is -2.54. The summed E-state index contributed by atoms with van der Waals surface area (Å²) in [6, 6.07) is 0.438. The lowest BCUT2D eigenvalue weighted by atomic mass is 10.0. The van der Waals surface area contributed by atoms with E-state index in [0.29, 0.717) is 12.6 Å². The van der Waals surface area contributed by atoms with Gasteiger partial charge in [0.05, 0.1) is 6.61 Å². The molecule has 0 bridgehead atoms. The van der Waals surface area contributed by atoms with Crippen LogP contribution in [0.3, 0.4) is 0 Å². The zero-order valence-electron chi connectivity index (χ0n) is 11.5. The number of carbonyl (C=O) groups excluding carboxylic acids is 1. The van der Waals surface area contributed by atoms with Crippen LogP contribution in [-0.2, 0) is 9.53 Å². The van der Waals surface area contributed by atoms with E-state index in [-0.39, 0.29) is 12.0 Å². The summed E-state index contributed by atoms with van der Waals surface area (Å²) in [7, 11) is 1.97. The number of rotatable bonds is 3. The number of likely N-dealkylation sites (tertiary alicyclic amines) is 1. The largest absolute Gasteiger partial charge is 0.366 e. The van der Waals surface area contributed by atoms with Crippen LogP contribution in [0.25, 0.3) is 0 Å². The molecule has 0 radical (unpaired) electrons. The summed E-state index contributed by atoms with van der Waals surface area (Å²) in [5.41, 5.74) is 0. The minimum Gasteiger partial charge on any atom is -0.366 e. The first kappa shape index (κ1) is 13.8. The number of ether oxygens (including phenoxy) is 1. The van der Waals surface area contributed by atoms with Gasteiger partial charge in [-0.05, 0) is 26.4 Å². The third-order valence-corrected chi connectivity index (χ3v) is 4.01. The van der Waals surface area contributed by atoms with Crippen LogP contribution in [0, 0.1) is 0 Å². The fourth-order valence-electron chi connectivity index (χ4n) is 2.76. The Hall–Kier alpha value is -0.650. The Morgan fingerprint density at radius 3 is 2.94 bits per heavy atom. The number of hydrogen-bond donors (Lipinski definition) is 1. The van der Waals surface area contributed by atoms with Crippen molar-refractivity contribution in [1.82, 2.24) is 15.1 Å². The van der Waals surface area contributed by atoms with Gasteiger partial charge in [-0.1, -0.05) is 6.92 Å². The number of nitrogens with one attached hydrogen (secondary N) is 1. The molecule has 5 nitrogen and oxygen atoms in total. The Kier molecular flexibility index (Phi) is 4.97. The molecule has 1 amide bonds. The number of carbonyl (C=O) groups is 1. The summed E-state index contributed by atoms with van der Waals surface area (Å²) in [4.78, 5) is 16.7. The van der Waals surface area contributed by atoms with Crippen molar-refractivity contribution in [1.29, 1.82) is 0 Å². The van der Waals surface area contributed by atoms with E-state index in [9.17, 15) is 4.79 Å². The predicted octanol–water partition coefficient (Wildman–Crippen LogP) is -0.0825. The van der Waals surface area contributed by atoms with Gasteiger partial charge in [0.25, 0.3) is 5.91 Å². The Labute approximate surface area is 109 Å². The van der Waals surface area contributed by atoms with E-state index >= 15 is 0 Å². The number of piperidine rings is 1. The normalized spacial score (nSPS) is 30.4. The molecule has 0 spiro atoms. The molecule has 2 atom stereocenters. The fourth-order valence-corrected chi connectivity index (χ4v) is 2.76. The van der Waals surface area contributed by atoms with Crippen LogP contribution < -0.4 is 5.32 Å². The molecule has 2 unspecified atom stereocenters. The van der Waals surface area contributed by atoms with Gasteiger partial charge in [0, 0.05) is 32.2 Å². The molecule has 0 saturated carbocycles. The van der Waals surface area contributed by atoms with Gasteiger partial charge >= 0.3 is 0 Å². The maximum absolute atomic E-state index is 12.4. The molecule has 104 valence electrons. The van der Waals surface area contributed by atoms with Crippen LogP contribution in [0.15, 0.2) is 0 Å². The lowest BCUT2D eigenvalue weighted by molar-refractivity contribution is -0.150. The quantitative estimate of drug-likeness (QED) is 0.766. The van der Waals surface area contributed by atoms with E-state index in [1.165, 1.54) is 0 Å². The molecule has 5 heteroatoms. The van der Waals surface area contributed by atoms with Gasteiger partial charge in [-0.25, -0.2) is 0 Å². The van der Waals surface area contributed by atoms with Gasteiger partial charge in [0.1, 0.15) is 6.10 Å². The highest BCUT2D eigenvalue weighted by Crippen LogP contribution is 2.14. The van der Waals surface area contributed by atoms with Gasteiger partial charge in [0.15, 0.2) is 0 Å². The van der Waals surface area contributed by atoms with Crippen molar-refractivity contribution in [2.45, 2.75) is 31.9 Å². The summed E-state index contributed by atoms with van der Waals surface area (Å²) in [6.07, 6.45) is 1.99.